The standard InChI is InChI=1S/C52H37N3/c1-2-8-23-39(22-7-1)47-35-46(38-20-11-4-12-21-38)36-48(40-24-13-5-14-25-40)49(47)41-30-32-43(33-31-41)51-53-50(42-26-15-6-16-27-42)54-52(55-51)45-29-17-28-44(34-45)37-18-9-3-10-19-37/h1,3-36H,2H2. The van der Waals surface area contributed by atoms with Crippen molar-refractivity contribution in [1.82, 2.24) is 15.0 Å². The summed E-state index contributed by atoms with van der Waals surface area (Å²) in [5.41, 5.74) is 14.4. The lowest BCUT2D eigenvalue weighted by Gasteiger charge is -2.20. The summed E-state index contributed by atoms with van der Waals surface area (Å²) in [5.74, 6) is 1.90. The molecule has 3 heteroatoms. The van der Waals surface area contributed by atoms with E-state index in [2.05, 4.69) is 176 Å². The lowest BCUT2D eigenvalue weighted by Crippen LogP contribution is -2.00. The van der Waals surface area contributed by atoms with Gasteiger partial charge in [0.1, 0.15) is 0 Å². The number of benzene rings is 7. The third-order valence-electron chi connectivity index (χ3n) is 9.95. The number of allylic oxidation sites excluding steroid dienone is 6. The van der Waals surface area contributed by atoms with E-state index in [4.69, 9.17) is 15.0 Å². The summed E-state index contributed by atoms with van der Waals surface area (Å²) in [6.07, 6.45) is 12.0. The van der Waals surface area contributed by atoms with Crippen molar-refractivity contribution in [2.24, 2.45) is 0 Å². The molecule has 260 valence electrons. The summed E-state index contributed by atoms with van der Waals surface area (Å²) in [7, 11) is 0. The summed E-state index contributed by atoms with van der Waals surface area (Å²) in [5, 5.41) is 0. The first-order chi connectivity index (χ1) is 27.3. The Morgan fingerprint density at radius 2 is 0.800 bits per heavy atom. The van der Waals surface area contributed by atoms with Crippen LogP contribution in [0.15, 0.2) is 212 Å². The van der Waals surface area contributed by atoms with Crippen molar-refractivity contribution in [3.63, 3.8) is 0 Å². The zero-order valence-electron chi connectivity index (χ0n) is 30.3. The molecule has 1 aliphatic carbocycles. The van der Waals surface area contributed by atoms with Crippen molar-refractivity contribution >= 4 is 5.57 Å². The SMILES string of the molecule is C1=CCC=CC(c2cc(-c3ccccc3)cc(-c3ccccc3)c2-c2ccc(-c3nc(-c4ccccc4)nc(-c4cccc(-c5ccccc5)c4)n3)cc2)=C1. The van der Waals surface area contributed by atoms with Gasteiger partial charge >= 0.3 is 0 Å². The van der Waals surface area contributed by atoms with E-state index in [0.717, 1.165) is 39.8 Å². The molecule has 1 heterocycles. The van der Waals surface area contributed by atoms with Crippen LogP contribution < -0.4 is 0 Å². The highest BCUT2D eigenvalue weighted by Gasteiger charge is 2.19. The highest BCUT2D eigenvalue weighted by molar-refractivity contribution is 5.97. The molecular weight excluding hydrogens is 667 g/mol. The van der Waals surface area contributed by atoms with E-state index < -0.39 is 0 Å². The minimum absolute atomic E-state index is 0.628. The largest absolute Gasteiger partial charge is 0.208 e. The monoisotopic (exact) mass is 703 g/mol. The van der Waals surface area contributed by atoms with Crippen LogP contribution in [0.5, 0.6) is 0 Å². The third kappa shape index (κ3) is 7.24. The van der Waals surface area contributed by atoms with E-state index in [-0.39, 0.29) is 0 Å². The average Bonchev–Trinajstić information content (AvgIpc) is 3.57. The Kier molecular flexibility index (Phi) is 9.41. The minimum Gasteiger partial charge on any atom is -0.208 e. The molecule has 0 amide bonds. The molecule has 7 aromatic carbocycles. The Morgan fingerprint density at radius 1 is 0.327 bits per heavy atom. The van der Waals surface area contributed by atoms with Crippen LogP contribution in [0.25, 0.3) is 84.2 Å². The zero-order chi connectivity index (χ0) is 36.8. The molecule has 1 aromatic heterocycles. The van der Waals surface area contributed by atoms with Gasteiger partial charge in [-0.2, -0.15) is 0 Å². The third-order valence-corrected chi connectivity index (χ3v) is 9.95. The molecule has 9 rings (SSSR count). The predicted molar refractivity (Wildman–Crippen MR) is 229 cm³/mol. The molecule has 3 nitrogen and oxygen atoms in total. The Balaban J connectivity index is 1.20. The van der Waals surface area contributed by atoms with Gasteiger partial charge in [-0.3, -0.25) is 0 Å². The second kappa shape index (κ2) is 15.4. The van der Waals surface area contributed by atoms with Crippen molar-refractivity contribution in [2.45, 2.75) is 6.42 Å². The predicted octanol–water partition coefficient (Wildman–Crippen LogP) is 13.4. The van der Waals surface area contributed by atoms with Crippen LogP contribution in [0.2, 0.25) is 0 Å². The average molecular weight is 704 g/mol. The van der Waals surface area contributed by atoms with Gasteiger partial charge in [0, 0.05) is 16.7 Å². The molecule has 0 N–H and O–H groups in total. The lowest BCUT2D eigenvalue weighted by atomic mass is 9.84. The quantitative estimate of drug-likeness (QED) is 0.158. The maximum Gasteiger partial charge on any atom is 0.164 e. The molecule has 0 spiro atoms. The Morgan fingerprint density at radius 3 is 1.44 bits per heavy atom. The van der Waals surface area contributed by atoms with E-state index in [1.165, 1.54) is 39.0 Å². The Labute approximate surface area is 322 Å². The van der Waals surface area contributed by atoms with Crippen LogP contribution >= 0.6 is 0 Å². The molecule has 0 fully saturated rings. The van der Waals surface area contributed by atoms with Crippen molar-refractivity contribution in [3.05, 3.63) is 218 Å². The first-order valence-electron chi connectivity index (χ1n) is 18.7. The molecule has 0 bridgehead atoms. The molecule has 1 aliphatic rings. The second-order valence-corrected chi connectivity index (χ2v) is 13.6. The fourth-order valence-electron chi connectivity index (χ4n) is 7.19. The van der Waals surface area contributed by atoms with Crippen LogP contribution in [0, 0.1) is 0 Å². The molecule has 0 atom stereocenters. The lowest BCUT2D eigenvalue weighted by molar-refractivity contribution is 1.07. The van der Waals surface area contributed by atoms with Gasteiger partial charge in [0.25, 0.3) is 0 Å². The van der Waals surface area contributed by atoms with E-state index in [1.807, 2.05) is 36.4 Å². The smallest absolute Gasteiger partial charge is 0.164 e. The number of aromatic nitrogens is 3. The summed E-state index contributed by atoms with van der Waals surface area (Å²) >= 11 is 0. The van der Waals surface area contributed by atoms with Crippen molar-refractivity contribution in [2.75, 3.05) is 0 Å². The van der Waals surface area contributed by atoms with E-state index in [9.17, 15) is 0 Å². The van der Waals surface area contributed by atoms with Gasteiger partial charge in [0.2, 0.25) is 0 Å². The van der Waals surface area contributed by atoms with Gasteiger partial charge in [-0.15, -0.1) is 0 Å². The van der Waals surface area contributed by atoms with Gasteiger partial charge < -0.3 is 0 Å². The summed E-state index contributed by atoms with van der Waals surface area (Å²) in [4.78, 5) is 15.2. The van der Waals surface area contributed by atoms with E-state index >= 15 is 0 Å². The molecule has 0 saturated heterocycles. The fraction of sp³-hybridized carbons (Fsp3) is 0.0192. The number of hydrogen-bond donors (Lipinski definition) is 0. The van der Waals surface area contributed by atoms with Crippen LogP contribution in [-0.4, -0.2) is 15.0 Å². The topological polar surface area (TPSA) is 38.7 Å². The molecule has 55 heavy (non-hydrogen) atoms. The normalized spacial score (nSPS) is 12.3. The van der Waals surface area contributed by atoms with Crippen LogP contribution in [0.3, 0.4) is 0 Å². The molecule has 8 aromatic rings. The minimum atomic E-state index is 0.628. The Hall–Kier alpha value is -7.23. The summed E-state index contributed by atoms with van der Waals surface area (Å²) < 4.78 is 0. The van der Waals surface area contributed by atoms with Gasteiger partial charge in [0.15, 0.2) is 17.5 Å². The summed E-state index contributed by atoms with van der Waals surface area (Å²) in [6.45, 7) is 0. The Bertz CT molecular complexity index is 2680. The summed E-state index contributed by atoms with van der Waals surface area (Å²) in [6, 6.07) is 63.7. The van der Waals surface area contributed by atoms with Crippen LogP contribution in [0.4, 0.5) is 0 Å². The van der Waals surface area contributed by atoms with Crippen molar-refractivity contribution in [3.8, 4) is 78.7 Å². The van der Waals surface area contributed by atoms with Gasteiger partial charge in [0.05, 0.1) is 0 Å². The van der Waals surface area contributed by atoms with E-state index in [0.29, 0.717) is 17.5 Å². The van der Waals surface area contributed by atoms with Gasteiger partial charge in [-0.1, -0.05) is 194 Å². The number of rotatable bonds is 8. The number of nitrogens with zero attached hydrogens (tertiary/aromatic N) is 3. The maximum absolute atomic E-state index is 5.10. The van der Waals surface area contributed by atoms with E-state index in [1.54, 1.807) is 0 Å². The molecule has 0 radical (unpaired) electrons. The molecule has 0 saturated carbocycles. The first-order valence-corrected chi connectivity index (χ1v) is 18.7. The number of hydrogen-bond acceptors (Lipinski definition) is 3. The molecular formula is C52H37N3. The highest BCUT2D eigenvalue weighted by atomic mass is 15.0. The fourth-order valence-corrected chi connectivity index (χ4v) is 7.19. The van der Waals surface area contributed by atoms with Gasteiger partial charge in [-0.05, 0) is 80.3 Å². The van der Waals surface area contributed by atoms with Crippen molar-refractivity contribution in [1.29, 1.82) is 0 Å². The second-order valence-electron chi connectivity index (χ2n) is 13.6. The van der Waals surface area contributed by atoms with Crippen LogP contribution in [-0.2, 0) is 0 Å². The maximum atomic E-state index is 5.10. The molecule has 0 unspecified atom stereocenters. The van der Waals surface area contributed by atoms with Crippen molar-refractivity contribution < 1.29 is 0 Å². The first kappa shape index (κ1) is 33.6. The highest BCUT2D eigenvalue weighted by Crippen LogP contribution is 2.42. The molecule has 0 aliphatic heterocycles. The van der Waals surface area contributed by atoms with Gasteiger partial charge in [-0.25, -0.2) is 15.0 Å². The zero-order valence-corrected chi connectivity index (χ0v) is 30.3. The van der Waals surface area contributed by atoms with Crippen LogP contribution in [0.1, 0.15) is 12.0 Å².